The topological polar surface area (TPSA) is 52.7 Å². The Labute approximate surface area is 208 Å². The molecule has 4 rings (SSSR count). The highest BCUT2D eigenvalue weighted by atomic mass is 35.5. The van der Waals surface area contributed by atoms with Crippen LogP contribution in [0.3, 0.4) is 0 Å². The number of urea groups is 1. The third-order valence-electron chi connectivity index (χ3n) is 6.13. The molecule has 188 valence electrons. The fourth-order valence-corrected chi connectivity index (χ4v) is 4.19. The molecule has 11 heteroatoms. The van der Waals surface area contributed by atoms with Gasteiger partial charge in [0.15, 0.2) is 0 Å². The lowest BCUT2D eigenvalue weighted by atomic mass is 9.98. The normalized spacial score (nSPS) is 15.2. The van der Waals surface area contributed by atoms with Crippen molar-refractivity contribution >= 4 is 29.2 Å². The number of hydrogen-bond acceptors (Lipinski definition) is 2. The molecule has 0 saturated carbocycles. The SMILES string of the molecule is CC1c2ccc(C(=O)NCc3c(F)cc(F)cc3F)cc2N(Cc2c(F)ccc(F)c2Cl)C(=O)N1C. The number of carbonyl (C=O) groups is 2. The van der Waals surface area contributed by atoms with Crippen LogP contribution in [0.2, 0.25) is 5.02 Å². The van der Waals surface area contributed by atoms with Crippen LogP contribution in [0, 0.1) is 29.1 Å². The molecule has 0 bridgehead atoms. The summed E-state index contributed by atoms with van der Waals surface area (Å²) in [5, 5.41) is 1.89. The first kappa shape index (κ1) is 25.4. The highest BCUT2D eigenvalue weighted by Crippen LogP contribution is 2.38. The van der Waals surface area contributed by atoms with E-state index in [1.807, 2.05) is 0 Å². The lowest BCUT2D eigenvalue weighted by Gasteiger charge is -2.39. The summed E-state index contributed by atoms with van der Waals surface area (Å²) in [7, 11) is 1.54. The van der Waals surface area contributed by atoms with Gasteiger partial charge in [0, 0.05) is 42.4 Å². The largest absolute Gasteiger partial charge is 0.348 e. The van der Waals surface area contributed by atoms with E-state index < -0.39 is 70.7 Å². The summed E-state index contributed by atoms with van der Waals surface area (Å²) >= 11 is 5.96. The first-order valence-corrected chi connectivity index (χ1v) is 11.1. The molecule has 0 radical (unpaired) electrons. The maximum absolute atomic E-state index is 14.5. The van der Waals surface area contributed by atoms with Crippen LogP contribution in [-0.2, 0) is 13.1 Å². The zero-order valence-corrected chi connectivity index (χ0v) is 19.8. The van der Waals surface area contributed by atoms with Crippen molar-refractivity contribution in [3.8, 4) is 0 Å². The summed E-state index contributed by atoms with van der Waals surface area (Å²) in [6, 6.07) is 6.25. The van der Waals surface area contributed by atoms with E-state index in [0.717, 1.165) is 17.0 Å². The van der Waals surface area contributed by atoms with Crippen LogP contribution < -0.4 is 10.2 Å². The van der Waals surface area contributed by atoms with Crippen molar-refractivity contribution in [2.24, 2.45) is 0 Å². The molecule has 1 heterocycles. The predicted octanol–water partition coefficient (Wildman–Crippen LogP) is 6.10. The molecule has 1 N–H and O–H groups in total. The Hall–Kier alpha value is -3.66. The lowest BCUT2D eigenvalue weighted by molar-refractivity contribution is 0.0950. The van der Waals surface area contributed by atoms with Gasteiger partial charge < -0.3 is 10.2 Å². The summed E-state index contributed by atoms with van der Waals surface area (Å²) in [6.45, 7) is 0.784. The van der Waals surface area contributed by atoms with Crippen LogP contribution in [-0.4, -0.2) is 23.9 Å². The quantitative estimate of drug-likeness (QED) is 0.325. The van der Waals surface area contributed by atoms with E-state index in [2.05, 4.69) is 5.32 Å². The molecule has 1 atom stereocenters. The Kier molecular flexibility index (Phi) is 6.90. The van der Waals surface area contributed by atoms with Crippen molar-refractivity contribution in [1.82, 2.24) is 10.2 Å². The third kappa shape index (κ3) is 4.60. The number of hydrogen-bond donors (Lipinski definition) is 1. The van der Waals surface area contributed by atoms with Crippen molar-refractivity contribution in [3.05, 3.63) is 98.8 Å². The standard InChI is InChI=1S/C25H19ClF5N3O2/c1-12-15-4-3-13(24(35)32-10-16-20(30)8-14(27)9-21(16)31)7-22(15)34(25(36)33(12)2)11-17-18(28)5-6-19(29)23(17)26/h3-9,12H,10-11H2,1-2H3,(H,32,35). The molecule has 0 saturated heterocycles. The third-order valence-corrected chi connectivity index (χ3v) is 6.54. The van der Waals surface area contributed by atoms with Crippen molar-refractivity contribution in [2.45, 2.75) is 26.1 Å². The predicted molar refractivity (Wildman–Crippen MR) is 123 cm³/mol. The van der Waals surface area contributed by atoms with E-state index in [1.54, 1.807) is 20.0 Å². The summed E-state index contributed by atoms with van der Waals surface area (Å²) in [6.07, 6.45) is 0. The smallest absolute Gasteiger partial charge is 0.325 e. The molecule has 36 heavy (non-hydrogen) atoms. The monoisotopic (exact) mass is 523 g/mol. The Morgan fingerprint density at radius 3 is 2.25 bits per heavy atom. The van der Waals surface area contributed by atoms with Gasteiger partial charge in [-0.3, -0.25) is 9.69 Å². The van der Waals surface area contributed by atoms with Crippen LogP contribution in [0.4, 0.5) is 32.4 Å². The Bertz CT molecular complexity index is 1360. The van der Waals surface area contributed by atoms with Crippen LogP contribution >= 0.6 is 11.6 Å². The minimum Gasteiger partial charge on any atom is -0.348 e. The Balaban J connectivity index is 1.67. The van der Waals surface area contributed by atoms with Gasteiger partial charge in [0.2, 0.25) is 0 Å². The average molecular weight is 524 g/mol. The summed E-state index contributed by atoms with van der Waals surface area (Å²) in [5.41, 5.74) is 0.161. The molecule has 1 unspecified atom stereocenters. The van der Waals surface area contributed by atoms with Gasteiger partial charge >= 0.3 is 6.03 Å². The molecule has 3 aromatic carbocycles. The molecule has 3 amide bonds. The number of benzene rings is 3. The summed E-state index contributed by atoms with van der Waals surface area (Å²) in [4.78, 5) is 28.4. The van der Waals surface area contributed by atoms with Gasteiger partial charge in [0.05, 0.1) is 23.3 Å². The second-order valence-electron chi connectivity index (χ2n) is 8.28. The molecule has 1 aliphatic rings. The van der Waals surface area contributed by atoms with Crippen LogP contribution in [0.15, 0.2) is 42.5 Å². The molecule has 0 fully saturated rings. The second-order valence-corrected chi connectivity index (χ2v) is 8.66. The molecule has 0 spiro atoms. The second kappa shape index (κ2) is 9.77. The van der Waals surface area contributed by atoms with E-state index >= 15 is 0 Å². The number of anilines is 1. The molecule has 0 aromatic heterocycles. The Morgan fingerprint density at radius 2 is 1.58 bits per heavy atom. The van der Waals surface area contributed by atoms with Crippen molar-refractivity contribution in [3.63, 3.8) is 0 Å². The highest BCUT2D eigenvalue weighted by Gasteiger charge is 2.34. The molecular weight excluding hydrogens is 505 g/mol. The minimum absolute atomic E-state index is 0.0389. The molecule has 5 nitrogen and oxygen atoms in total. The molecule has 3 aromatic rings. The van der Waals surface area contributed by atoms with E-state index in [9.17, 15) is 31.5 Å². The molecular formula is C25H19ClF5N3O2. The summed E-state index contributed by atoms with van der Waals surface area (Å²) < 4.78 is 69.4. The lowest BCUT2D eigenvalue weighted by Crippen LogP contribution is -2.46. The average Bonchev–Trinajstić information content (AvgIpc) is 2.83. The van der Waals surface area contributed by atoms with Crippen LogP contribution in [0.25, 0.3) is 0 Å². The maximum atomic E-state index is 14.5. The number of halogens is 6. The van der Waals surface area contributed by atoms with Gasteiger partial charge in [0.1, 0.15) is 29.1 Å². The van der Waals surface area contributed by atoms with E-state index in [4.69, 9.17) is 11.6 Å². The maximum Gasteiger partial charge on any atom is 0.325 e. The number of fused-ring (bicyclic) bond motifs is 1. The highest BCUT2D eigenvalue weighted by molar-refractivity contribution is 6.31. The van der Waals surface area contributed by atoms with Gasteiger partial charge in [-0.1, -0.05) is 17.7 Å². The van der Waals surface area contributed by atoms with Crippen LogP contribution in [0.5, 0.6) is 0 Å². The number of nitrogens with one attached hydrogen (secondary N) is 1. The number of amides is 3. The van der Waals surface area contributed by atoms with E-state index in [0.29, 0.717) is 17.7 Å². The fourth-order valence-electron chi connectivity index (χ4n) is 3.98. The molecule has 0 aliphatic carbocycles. The van der Waals surface area contributed by atoms with E-state index in [-0.39, 0.29) is 16.8 Å². The fraction of sp³-hybridized carbons (Fsp3) is 0.200. The first-order chi connectivity index (χ1) is 17.0. The van der Waals surface area contributed by atoms with Crippen molar-refractivity contribution < 1.29 is 31.5 Å². The number of carbonyl (C=O) groups excluding carboxylic acids is 2. The van der Waals surface area contributed by atoms with Gasteiger partial charge in [-0.2, -0.15) is 0 Å². The number of nitrogens with zero attached hydrogens (tertiary/aromatic N) is 2. The van der Waals surface area contributed by atoms with Crippen molar-refractivity contribution in [1.29, 1.82) is 0 Å². The van der Waals surface area contributed by atoms with E-state index in [1.165, 1.54) is 17.0 Å². The molecule has 1 aliphatic heterocycles. The Morgan fingerprint density at radius 1 is 0.944 bits per heavy atom. The summed E-state index contributed by atoms with van der Waals surface area (Å²) in [5.74, 6) is -5.79. The van der Waals surface area contributed by atoms with Crippen LogP contribution in [0.1, 0.15) is 40.0 Å². The van der Waals surface area contributed by atoms with Crippen molar-refractivity contribution in [2.75, 3.05) is 11.9 Å². The van der Waals surface area contributed by atoms with Gasteiger partial charge in [-0.15, -0.1) is 0 Å². The van der Waals surface area contributed by atoms with Gasteiger partial charge in [-0.05, 0) is 36.8 Å². The zero-order chi connectivity index (χ0) is 26.3. The van der Waals surface area contributed by atoms with Gasteiger partial charge in [-0.25, -0.2) is 26.7 Å². The van der Waals surface area contributed by atoms with Gasteiger partial charge in [0.25, 0.3) is 5.91 Å². The minimum atomic E-state index is -1.15. The first-order valence-electron chi connectivity index (χ1n) is 10.7. The number of rotatable bonds is 5. The zero-order valence-electron chi connectivity index (χ0n) is 19.0.